The zero-order valence-electron chi connectivity index (χ0n) is 12.0. The predicted molar refractivity (Wildman–Crippen MR) is 82.8 cm³/mol. The van der Waals surface area contributed by atoms with E-state index in [4.69, 9.17) is 19.8 Å². The van der Waals surface area contributed by atoms with E-state index in [2.05, 4.69) is 5.32 Å². The van der Waals surface area contributed by atoms with Gasteiger partial charge in [-0.25, -0.2) is 0 Å². The topological polar surface area (TPSA) is 78.1 Å². The quantitative estimate of drug-likeness (QED) is 0.875. The van der Waals surface area contributed by atoms with E-state index >= 15 is 0 Å². The Morgan fingerprint density at radius 1 is 1.09 bits per heavy atom. The van der Waals surface area contributed by atoms with Gasteiger partial charge in [0.15, 0.2) is 0 Å². The maximum absolute atomic E-state index is 9.06. The average molecular weight is 289 g/mol. The van der Waals surface area contributed by atoms with Crippen molar-refractivity contribution in [2.75, 3.05) is 12.4 Å². The number of rotatable bonds is 3. The Morgan fingerprint density at radius 2 is 1.82 bits per heavy atom. The van der Waals surface area contributed by atoms with Gasteiger partial charge in [0, 0.05) is 18.5 Å². The van der Waals surface area contributed by atoms with Crippen LogP contribution in [0.1, 0.15) is 16.7 Å². The van der Waals surface area contributed by atoms with E-state index in [9.17, 15) is 0 Å². The summed E-state index contributed by atoms with van der Waals surface area (Å²) in [7, 11) is 1.32. The van der Waals surface area contributed by atoms with Crippen LogP contribution in [0.25, 0.3) is 0 Å². The van der Waals surface area contributed by atoms with Crippen molar-refractivity contribution in [1.82, 2.24) is 0 Å². The Balaban J connectivity index is 1.86. The highest BCUT2D eigenvalue weighted by Crippen LogP contribution is 2.22. The summed E-state index contributed by atoms with van der Waals surface area (Å²) in [6.45, 7) is 0.514. The van der Waals surface area contributed by atoms with Gasteiger partial charge in [-0.05, 0) is 41.4 Å². The van der Waals surface area contributed by atoms with E-state index in [-0.39, 0.29) is 7.12 Å². The molecular weight excluding hydrogens is 277 g/mol. The van der Waals surface area contributed by atoms with E-state index in [1.54, 1.807) is 25.3 Å². The van der Waals surface area contributed by atoms with Crippen molar-refractivity contribution < 1.29 is 9.31 Å². The molecule has 6 heteroatoms. The predicted octanol–water partition coefficient (Wildman–Crippen LogP) is 2.05. The molecule has 1 heterocycles. The summed E-state index contributed by atoms with van der Waals surface area (Å²) in [5, 5.41) is 21.2. The molecule has 3 rings (SSSR count). The minimum absolute atomic E-state index is 0.302. The van der Waals surface area contributed by atoms with Crippen LogP contribution in [0.4, 0.5) is 11.4 Å². The largest absolute Gasteiger partial charge is 0.494 e. The second-order valence-electron chi connectivity index (χ2n) is 4.90. The van der Waals surface area contributed by atoms with Crippen LogP contribution in [0.3, 0.4) is 0 Å². The number of nitrogens with one attached hydrogen (secondary N) is 1. The van der Waals surface area contributed by atoms with Crippen LogP contribution in [-0.4, -0.2) is 14.2 Å². The summed E-state index contributed by atoms with van der Waals surface area (Å²) >= 11 is 0. The molecule has 106 valence electrons. The van der Waals surface area contributed by atoms with Crippen LogP contribution in [0.5, 0.6) is 0 Å². The van der Waals surface area contributed by atoms with Crippen molar-refractivity contribution in [2.45, 2.75) is 6.61 Å². The van der Waals surface area contributed by atoms with Gasteiger partial charge < -0.3 is 14.6 Å². The molecule has 0 unspecified atom stereocenters. The Labute approximate surface area is 128 Å². The Kier molecular flexibility index (Phi) is 3.80. The number of anilines is 2. The molecular formula is C16H12BN3O2. The number of hydrogen-bond acceptors (Lipinski definition) is 5. The summed E-state index contributed by atoms with van der Waals surface area (Å²) in [5.41, 5.74) is 4.50. The molecule has 0 saturated carbocycles. The lowest BCUT2D eigenvalue weighted by atomic mass is 9.79. The second-order valence-corrected chi connectivity index (χ2v) is 4.90. The number of nitriles is 2. The highest BCUT2D eigenvalue weighted by molar-refractivity contribution is 6.62. The maximum atomic E-state index is 9.06. The lowest BCUT2D eigenvalue weighted by Crippen LogP contribution is -2.30. The lowest BCUT2D eigenvalue weighted by Gasteiger charge is -2.09. The van der Waals surface area contributed by atoms with E-state index in [0.29, 0.717) is 17.7 Å². The molecule has 0 atom stereocenters. The standard InChI is InChI=1S/C16H12BN3O2/c1-21-17-16-5-4-15(7-13(16)10-22-17)20-14-3-2-11(8-18)12(6-14)9-19/h2-7,20H,10H2,1H3. The first-order chi connectivity index (χ1) is 10.7. The zero-order valence-corrected chi connectivity index (χ0v) is 12.0. The van der Waals surface area contributed by atoms with Crippen molar-refractivity contribution in [2.24, 2.45) is 0 Å². The molecule has 2 aromatic rings. The molecule has 0 bridgehead atoms. The van der Waals surface area contributed by atoms with Gasteiger partial charge in [-0.3, -0.25) is 0 Å². The number of benzene rings is 2. The van der Waals surface area contributed by atoms with Gasteiger partial charge in [0.05, 0.1) is 17.7 Å². The van der Waals surface area contributed by atoms with E-state index in [0.717, 1.165) is 22.4 Å². The van der Waals surface area contributed by atoms with E-state index in [1.807, 2.05) is 30.3 Å². The Bertz CT molecular complexity index is 808. The minimum Gasteiger partial charge on any atom is -0.410 e. The first kappa shape index (κ1) is 14.2. The molecule has 1 aliphatic rings. The monoisotopic (exact) mass is 289 g/mol. The molecule has 0 spiro atoms. The van der Waals surface area contributed by atoms with Gasteiger partial charge >= 0.3 is 7.12 Å². The van der Waals surface area contributed by atoms with Crippen LogP contribution < -0.4 is 10.8 Å². The van der Waals surface area contributed by atoms with Crippen molar-refractivity contribution in [3.05, 3.63) is 53.1 Å². The molecule has 0 fully saturated rings. The molecule has 0 amide bonds. The van der Waals surface area contributed by atoms with E-state index < -0.39 is 0 Å². The molecule has 5 nitrogen and oxygen atoms in total. The van der Waals surface area contributed by atoms with Crippen LogP contribution in [0, 0.1) is 22.7 Å². The van der Waals surface area contributed by atoms with Crippen molar-refractivity contribution in [1.29, 1.82) is 10.5 Å². The number of fused-ring (bicyclic) bond motifs is 1. The normalized spacial score (nSPS) is 12.4. The molecule has 0 aliphatic carbocycles. The molecule has 1 N–H and O–H groups in total. The third kappa shape index (κ3) is 2.54. The van der Waals surface area contributed by atoms with Crippen LogP contribution >= 0.6 is 0 Å². The average Bonchev–Trinajstić information content (AvgIpc) is 2.97. The molecule has 0 saturated heterocycles. The van der Waals surface area contributed by atoms with Crippen molar-refractivity contribution in [3.8, 4) is 12.1 Å². The van der Waals surface area contributed by atoms with Gasteiger partial charge in [-0.2, -0.15) is 10.5 Å². The fourth-order valence-electron chi connectivity index (χ4n) is 2.47. The highest BCUT2D eigenvalue weighted by Gasteiger charge is 2.29. The van der Waals surface area contributed by atoms with Gasteiger partial charge in [0.2, 0.25) is 0 Å². The van der Waals surface area contributed by atoms with Crippen molar-refractivity contribution >= 4 is 24.0 Å². The molecule has 0 aromatic heterocycles. The number of nitrogens with zero attached hydrogens (tertiary/aromatic N) is 2. The first-order valence-corrected chi connectivity index (χ1v) is 6.73. The summed E-state index contributed by atoms with van der Waals surface area (Å²) < 4.78 is 10.8. The van der Waals surface area contributed by atoms with Gasteiger partial charge in [0.25, 0.3) is 0 Å². The summed E-state index contributed by atoms with van der Waals surface area (Å²) in [6.07, 6.45) is 0. The first-order valence-electron chi connectivity index (χ1n) is 6.73. The smallest absolute Gasteiger partial charge is 0.410 e. The second kappa shape index (κ2) is 5.91. The molecule has 22 heavy (non-hydrogen) atoms. The summed E-state index contributed by atoms with van der Waals surface area (Å²) in [4.78, 5) is 0. The maximum Gasteiger partial charge on any atom is 0.494 e. The van der Waals surface area contributed by atoms with Crippen LogP contribution in [0.2, 0.25) is 0 Å². The summed E-state index contributed by atoms with van der Waals surface area (Å²) in [5.74, 6) is 0. The fourth-order valence-corrected chi connectivity index (χ4v) is 2.47. The fraction of sp³-hybridized carbons (Fsp3) is 0.125. The van der Waals surface area contributed by atoms with Gasteiger partial charge in [-0.15, -0.1) is 0 Å². The highest BCUT2D eigenvalue weighted by atomic mass is 16.6. The Hall–Kier alpha value is -2.80. The third-order valence-electron chi connectivity index (χ3n) is 3.55. The van der Waals surface area contributed by atoms with Crippen molar-refractivity contribution in [3.63, 3.8) is 0 Å². The van der Waals surface area contributed by atoms with Crippen LogP contribution in [-0.2, 0) is 15.9 Å². The third-order valence-corrected chi connectivity index (χ3v) is 3.55. The minimum atomic E-state index is -0.302. The Morgan fingerprint density at radius 3 is 2.55 bits per heavy atom. The number of hydrogen-bond donors (Lipinski definition) is 1. The summed E-state index contributed by atoms with van der Waals surface area (Å²) in [6, 6.07) is 15.0. The SMILES string of the molecule is COB1OCc2cc(Nc3ccc(C#N)c(C#N)c3)ccc21. The molecule has 0 radical (unpaired) electrons. The van der Waals surface area contributed by atoms with Gasteiger partial charge in [0.1, 0.15) is 12.1 Å². The molecule has 2 aromatic carbocycles. The van der Waals surface area contributed by atoms with Crippen LogP contribution in [0.15, 0.2) is 36.4 Å². The molecule has 1 aliphatic heterocycles. The lowest BCUT2D eigenvalue weighted by molar-refractivity contribution is 0.246. The zero-order chi connectivity index (χ0) is 15.5. The van der Waals surface area contributed by atoms with E-state index in [1.165, 1.54) is 0 Å². The van der Waals surface area contributed by atoms with Gasteiger partial charge in [-0.1, -0.05) is 6.07 Å².